The Morgan fingerprint density at radius 3 is 3.00 bits per heavy atom. The van der Waals surface area contributed by atoms with Crippen molar-refractivity contribution in [2.75, 3.05) is 12.9 Å². The van der Waals surface area contributed by atoms with Crippen molar-refractivity contribution in [3.8, 4) is 0 Å². The molecule has 0 fully saturated rings. The minimum Gasteiger partial charge on any atom is -0.465 e. The lowest BCUT2D eigenvalue weighted by molar-refractivity contribution is 0.0596. The van der Waals surface area contributed by atoms with Gasteiger partial charge in [0, 0.05) is 12.3 Å². The molecule has 80 valence electrons. The van der Waals surface area contributed by atoms with E-state index in [4.69, 9.17) is 0 Å². The summed E-state index contributed by atoms with van der Waals surface area (Å²) in [7, 11) is 1.26. The van der Waals surface area contributed by atoms with Gasteiger partial charge in [0.2, 0.25) is 0 Å². The van der Waals surface area contributed by atoms with Crippen LogP contribution in [0.15, 0.2) is 9.95 Å². The molecule has 0 aliphatic carbocycles. The highest BCUT2D eigenvalue weighted by molar-refractivity contribution is 7.99. The number of nitrogens with zero attached hydrogens (tertiary/aromatic N) is 2. The van der Waals surface area contributed by atoms with Crippen LogP contribution in [0.3, 0.4) is 0 Å². The quantitative estimate of drug-likeness (QED) is 0.514. The third-order valence-electron chi connectivity index (χ3n) is 2.25. The number of methoxy groups -OCH3 is 1. The van der Waals surface area contributed by atoms with Crippen molar-refractivity contribution in [2.45, 2.75) is 18.6 Å². The molecular formula is C9H10N2O3S. The van der Waals surface area contributed by atoms with Gasteiger partial charge in [-0.25, -0.2) is 9.78 Å². The fourth-order valence-electron chi connectivity index (χ4n) is 1.51. The summed E-state index contributed by atoms with van der Waals surface area (Å²) in [5.41, 5.74) is 0.186. The van der Waals surface area contributed by atoms with E-state index in [0.29, 0.717) is 17.4 Å². The largest absolute Gasteiger partial charge is 0.465 e. The second-order valence-corrected chi connectivity index (χ2v) is 4.21. The molecule has 0 unspecified atom stereocenters. The predicted molar refractivity (Wildman–Crippen MR) is 55.3 cm³/mol. The van der Waals surface area contributed by atoms with Gasteiger partial charge in [0.05, 0.1) is 12.8 Å². The smallest absolute Gasteiger partial charge is 0.345 e. The Labute approximate surface area is 90.5 Å². The van der Waals surface area contributed by atoms with E-state index in [9.17, 15) is 9.59 Å². The highest BCUT2D eigenvalue weighted by Gasteiger charge is 2.23. The Balaban J connectivity index is 2.67. The average Bonchev–Trinajstić information content (AvgIpc) is 2.65. The van der Waals surface area contributed by atoms with Crippen LogP contribution in [0.25, 0.3) is 0 Å². The van der Waals surface area contributed by atoms with E-state index in [-0.39, 0.29) is 11.1 Å². The predicted octanol–water partition coefficient (Wildman–Crippen LogP) is 0.444. The lowest BCUT2D eigenvalue weighted by Crippen LogP contribution is -2.29. The van der Waals surface area contributed by atoms with Crippen molar-refractivity contribution < 1.29 is 9.53 Å². The van der Waals surface area contributed by atoms with Crippen molar-refractivity contribution in [2.24, 2.45) is 0 Å². The van der Waals surface area contributed by atoms with Gasteiger partial charge in [-0.2, -0.15) is 0 Å². The van der Waals surface area contributed by atoms with Crippen molar-refractivity contribution in [3.05, 3.63) is 21.6 Å². The van der Waals surface area contributed by atoms with Gasteiger partial charge in [0.15, 0.2) is 5.16 Å². The number of hydrogen-bond acceptors (Lipinski definition) is 5. The average molecular weight is 226 g/mol. The van der Waals surface area contributed by atoms with Crippen LogP contribution in [-0.4, -0.2) is 28.4 Å². The van der Waals surface area contributed by atoms with Crippen LogP contribution >= 0.6 is 11.8 Å². The van der Waals surface area contributed by atoms with Crippen molar-refractivity contribution in [3.63, 3.8) is 0 Å². The van der Waals surface area contributed by atoms with Crippen LogP contribution in [0, 0.1) is 6.92 Å². The van der Waals surface area contributed by atoms with Crippen molar-refractivity contribution in [1.82, 2.24) is 9.55 Å². The van der Waals surface area contributed by atoms with Gasteiger partial charge in [0.25, 0.3) is 5.56 Å². The zero-order chi connectivity index (χ0) is 11.0. The lowest BCUT2D eigenvalue weighted by Gasteiger charge is -2.06. The van der Waals surface area contributed by atoms with Crippen LogP contribution < -0.4 is 5.56 Å². The zero-order valence-corrected chi connectivity index (χ0v) is 9.26. The van der Waals surface area contributed by atoms with Gasteiger partial charge in [0.1, 0.15) is 5.56 Å². The lowest BCUT2D eigenvalue weighted by atomic mass is 10.2. The van der Waals surface area contributed by atoms with Crippen LogP contribution in [0.1, 0.15) is 16.1 Å². The molecule has 5 nitrogen and oxygen atoms in total. The molecule has 0 saturated carbocycles. The van der Waals surface area contributed by atoms with Gasteiger partial charge >= 0.3 is 5.97 Å². The summed E-state index contributed by atoms with van der Waals surface area (Å²) in [5.74, 6) is 0.212. The van der Waals surface area contributed by atoms with Gasteiger partial charge in [-0.15, -0.1) is 0 Å². The van der Waals surface area contributed by atoms with Crippen molar-refractivity contribution >= 4 is 17.7 Å². The minimum atomic E-state index is -0.614. The number of rotatable bonds is 1. The molecule has 0 atom stereocenters. The molecule has 0 amide bonds. The van der Waals surface area contributed by atoms with E-state index in [1.165, 1.54) is 23.4 Å². The Kier molecular flexibility index (Phi) is 2.52. The van der Waals surface area contributed by atoms with Crippen LogP contribution in [-0.2, 0) is 11.3 Å². The summed E-state index contributed by atoms with van der Waals surface area (Å²) >= 11 is 1.52. The normalized spacial score (nSPS) is 13.7. The number of aromatic nitrogens is 2. The number of hydrogen-bond donors (Lipinski definition) is 0. The number of carbonyl (C=O) groups is 1. The van der Waals surface area contributed by atoms with Crippen LogP contribution in [0.5, 0.6) is 0 Å². The molecule has 1 aromatic heterocycles. The number of aryl methyl sites for hydroxylation is 1. The topological polar surface area (TPSA) is 61.2 Å². The van der Waals surface area contributed by atoms with E-state index in [1.54, 1.807) is 6.92 Å². The minimum absolute atomic E-state index is 0.0451. The van der Waals surface area contributed by atoms with Crippen LogP contribution in [0.2, 0.25) is 0 Å². The first-order valence-electron chi connectivity index (χ1n) is 4.47. The first kappa shape index (κ1) is 10.2. The van der Waals surface area contributed by atoms with E-state index in [1.807, 2.05) is 0 Å². The first-order chi connectivity index (χ1) is 7.15. The Hall–Kier alpha value is -1.30. The van der Waals surface area contributed by atoms with Crippen LogP contribution in [0.4, 0.5) is 0 Å². The van der Waals surface area contributed by atoms with E-state index < -0.39 is 5.97 Å². The van der Waals surface area contributed by atoms with Gasteiger partial charge in [-0.05, 0) is 6.92 Å². The highest BCUT2D eigenvalue weighted by atomic mass is 32.2. The number of fused-ring (bicyclic) bond motifs is 1. The van der Waals surface area contributed by atoms with Crippen molar-refractivity contribution in [1.29, 1.82) is 0 Å². The summed E-state index contributed by atoms with van der Waals surface area (Å²) in [6.45, 7) is 2.25. The summed E-state index contributed by atoms with van der Waals surface area (Å²) in [4.78, 5) is 27.5. The second kappa shape index (κ2) is 3.69. The Bertz CT molecular complexity index is 481. The maximum absolute atomic E-state index is 11.9. The third-order valence-corrected chi connectivity index (χ3v) is 3.21. The standard InChI is InChI=1S/C9H10N2O3S/c1-5-6(8(13)14-2)7(12)11-3-4-15-9(11)10-5/h3-4H2,1-2H3. The Morgan fingerprint density at radius 1 is 1.60 bits per heavy atom. The molecule has 0 spiro atoms. The molecule has 2 heterocycles. The molecule has 1 aliphatic rings. The molecular weight excluding hydrogens is 216 g/mol. The number of ether oxygens (including phenoxy) is 1. The fraction of sp³-hybridized carbons (Fsp3) is 0.444. The van der Waals surface area contributed by atoms with E-state index in [2.05, 4.69) is 9.72 Å². The number of carbonyl (C=O) groups excluding carboxylic acids is 1. The molecule has 0 saturated heterocycles. The van der Waals surface area contributed by atoms with E-state index in [0.717, 1.165) is 5.75 Å². The zero-order valence-electron chi connectivity index (χ0n) is 8.44. The third kappa shape index (κ3) is 1.54. The highest BCUT2D eigenvalue weighted by Crippen LogP contribution is 2.22. The molecule has 15 heavy (non-hydrogen) atoms. The van der Waals surface area contributed by atoms with Gasteiger partial charge in [-0.1, -0.05) is 11.8 Å². The molecule has 0 bridgehead atoms. The SMILES string of the molecule is COC(=O)c1c(C)nc2n(c1=O)CCS2. The first-order valence-corrected chi connectivity index (χ1v) is 5.46. The number of thioether (sulfide) groups is 1. The molecule has 6 heteroatoms. The summed E-state index contributed by atoms with van der Waals surface area (Å²) < 4.78 is 6.08. The monoisotopic (exact) mass is 226 g/mol. The Morgan fingerprint density at radius 2 is 2.33 bits per heavy atom. The molecule has 2 rings (SSSR count). The molecule has 0 N–H and O–H groups in total. The summed E-state index contributed by atoms with van der Waals surface area (Å²) in [5, 5.41) is 0.685. The molecule has 0 radical (unpaired) electrons. The molecule has 1 aliphatic heterocycles. The summed E-state index contributed by atoms with van der Waals surface area (Å²) in [6, 6.07) is 0. The maximum Gasteiger partial charge on any atom is 0.345 e. The maximum atomic E-state index is 11.9. The second-order valence-electron chi connectivity index (χ2n) is 3.15. The molecule has 1 aromatic rings. The molecule has 0 aromatic carbocycles. The van der Waals surface area contributed by atoms with Gasteiger partial charge < -0.3 is 4.74 Å². The summed E-state index contributed by atoms with van der Waals surface area (Å²) in [6.07, 6.45) is 0. The fourth-order valence-corrected chi connectivity index (χ4v) is 2.50. The van der Waals surface area contributed by atoms with E-state index >= 15 is 0 Å². The number of esters is 1. The van der Waals surface area contributed by atoms with Gasteiger partial charge in [-0.3, -0.25) is 9.36 Å².